The largest absolute Gasteiger partial charge is 3.00 e. The summed E-state index contributed by atoms with van der Waals surface area (Å²) < 4.78 is 8.55. The maximum Gasteiger partial charge on any atom is 3.00 e. The number of hydrogen-bond acceptors (Lipinski definition) is 4. The van der Waals surface area contributed by atoms with Crippen molar-refractivity contribution in [2.75, 3.05) is 0 Å². The van der Waals surface area contributed by atoms with Crippen molar-refractivity contribution < 1.29 is 101 Å². The summed E-state index contributed by atoms with van der Waals surface area (Å²) in [4.78, 5) is 25.6. The van der Waals surface area contributed by atoms with Gasteiger partial charge < -0.3 is 19.2 Å². The second kappa shape index (κ2) is 31.8. The zero-order valence-corrected chi connectivity index (χ0v) is 30.3. The summed E-state index contributed by atoms with van der Waals surface area (Å²) >= 11 is 0. The summed E-state index contributed by atoms with van der Waals surface area (Å²) in [6, 6.07) is 22.9. The van der Waals surface area contributed by atoms with Crippen LogP contribution in [0, 0.1) is 93.8 Å². The summed E-state index contributed by atoms with van der Waals surface area (Å²) in [6.45, 7) is 4.54. The standard InChI is InChI=1S/2C15H23.2Nd.H3O4P/c2*1-2-3-4-5-6-7-9-12-15-13-10-8-11-14-15;;;1-5(2,3)4/h2*10-11,13-14H,2-7,9,12H2,1H3;;;(H3,1,2,3,4)/q2*-1;2*+3;/p-3. The van der Waals surface area contributed by atoms with Gasteiger partial charge in [-0.3, -0.25) is 0 Å². The molecular formula is C30H46Nd2O4P+. The maximum absolute atomic E-state index is 8.55. The molecule has 0 aliphatic rings. The van der Waals surface area contributed by atoms with Gasteiger partial charge in [0.1, 0.15) is 0 Å². The molecule has 0 spiro atoms. The van der Waals surface area contributed by atoms with Crippen LogP contribution < -0.4 is 14.7 Å². The molecule has 4 nitrogen and oxygen atoms in total. The monoisotopic (exact) mass is 785 g/mol. The van der Waals surface area contributed by atoms with E-state index in [-0.39, 0.29) is 81.7 Å². The Balaban J connectivity index is -0.000000506. The van der Waals surface area contributed by atoms with Crippen molar-refractivity contribution in [2.24, 2.45) is 0 Å². The Hall–Kier alpha value is 1.25. The van der Waals surface area contributed by atoms with Crippen LogP contribution >= 0.6 is 7.82 Å². The first-order valence-electron chi connectivity index (χ1n) is 13.5. The Morgan fingerprint density at radius 1 is 0.541 bits per heavy atom. The first-order chi connectivity index (χ1) is 16.9. The molecule has 0 amide bonds. The SMILES string of the molecule is CCCCCCCCCc1cc[c-]cc1.CCCCCCCCCc1cc[c-]cc1.O=P([O-])([O-])[O-].[Nd+3].[Nd+3]. The summed E-state index contributed by atoms with van der Waals surface area (Å²) in [5, 5.41) is 0. The quantitative estimate of drug-likeness (QED) is 0.107. The average molecular weight is 790 g/mol. The van der Waals surface area contributed by atoms with Crippen LogP contribution in [0.3, 0.4) is 0 Å². The van der Waals surface area contributed by atoms with Crippen molar-refractivity contribution in [3.05, 3.63) is 71.8 Å². The van der Waals surface area contributed by atoms with Crippen LogP contribution in [0.15, 0.2) is 48.5 Å². The third kappa shape index (κ3) is 37.3. The summed E-state index contributed by atoms with van der Waals surface area (Å²) in [5.74, 6) is 0. The topological polar surface area (TPSA) is 86.2 Å². The van der Waals surface area contributed by atoms with E-state index in [1.165, 1.54) is 114 Å². The van der Waals surface area contributed by atoms with E-state index in [1.54, 1.807) is 0 Å². The molecule has 2 rings (SSSR count). The van der Waals surface area contributed by atoms with Gasteiger partial charge in [-0.1, -0.05) is 117 Å². The molecule has 0 N–H and O–H groups in total. The molecule has 0 unspecified atom stereocenters. The van der Waals surface area contributed by atoms with Gasteiger partial charge in [0.05, 0.1) is 0 Å². The average Bonchev–Trinajstić information content (AvgIpc) is 2.84. The zero-order chi connectivity index (χ0) is 26.0. The van der Waals surface area contributed by atoms with Gasteiger partial charge in [-0.2, -0.15) is 79.6 Å². The van der Waals surface area contributed by atoms with E-state index >= 15 is 0 Å². The Kier molecular flexibility index (Phi) is 36.7. The minimum absolute atomic E-state index is 0. The van der Waals surface area contributed by atoms with E-state index in [9.17, 15) is 0 Å². The van der Waals surface area contributed by atoms with Crippen LogP contribution in [0.1, 0.15) is 115 Å². The molecule has 0 bridgehead atoms. The van der Waals surface area contributed by atoms with Gasteiger partial charge in [-0.15, -0.1) is 0 Å². The Morgan fingerprint density at radius 3 is 1.05 bits per heavy atom. The predicted octanol–water partition coefficient (Wildman–Crippen LogP) is 6.74. The molecule has 37 heavy (non-hydrogen) atoms. The van der Waals surface area contributed by atoms with Crippen LogP contribution in [-0.4, -0.2) is 0 Å². The van der Waals surface area contributed by atoms with Crippen molar-refractivity contribution in [2.45, 2.75) is 117 Å². The van der Waals surface area contributed by atoms with Crippen molar-refractivity contribution in [3.8, 4) is 0 Å². The number of benzene rings is 2. The number of unbranched alkanes of at least 4 members (excludes halogenated alkanes) is 12. The second-order valence-corrected chi connectivity index (χ2v) is 9.90. The van der Waals surface area contributed by atoms with E-state index in [4.69, 9.17) is 19.2 Å². The molecule has 2 aromatic rings. The van der Waals surface area contributed by atoms with E-state index in [2.05, 4.69) is 50.2 Å². The number of rotatable bonds is 16. The van der Waals surface area contributed by atoms with Crippen molar-refractivity contribution in [1.29, 1.82) is 0 Å². The normalized spacial score (nSPS) is 10.1. The molecule has 0 aliphatic heterocycles. The first-order valence-corrected chi connectivity index (χ1v) is 15.0. The first kappa shape index (κ1) is 42.7. The van der Waals surface area contributed by atoms with Gasteiger partial charge in [-0.05, 0) is 0 Å². The molecule has 2 radical (unpaired) electrons. The van der Waals surface area contributed by atoms with Gasteiger partial charge in [0.15, 0.2) is 0 Å². The molecule has 0 aliphatic carbocycles. The van der Waals surface area contributed by atoms with Crippen molar-refractivity contribution >= 4 is 7.82 Å². The van der Waals surface area contributed by atoms with Crippen LogP contribution in [0.2, 0.25) is 0 Å². The minimum Gasteiger partial charge on any atom is -0.822 e. The molecule has 0 saturated carbocycles. The maximum atomic E-state index is 8.55. The van der Waals surface area contributed by atoms with Crippen LogP contribution in [-0.2, 0) is 17.4 Å². The van der Waals surface area contributed by atoms with Crippen LogP contribution in [0.5, 0.6) is 0 Å². The molecule has 0 atom stereocenters. The second-order valence-electron chi connectivity index (χ2n) is 9.01. The summed E-state index contributed by atoms with van der Waals surface area (Å²) in [7, 11) is -5.39. The third-order valence-corrected chi connectivity index (χ3v) is 5.71. The fourth-order valence-electron chi connectivity index (χ4n) is 3.75. The smallest absolute Gasteiger partial charge is 0.822 e. The van der Waals surface area contributed by atoms with Gasteiger partial charge in [0, 0.05) is 0 Å². The van der Waals surface area contributed by atoms with Crippen molar-refractivity contribution in [3.63, 3.8) is 0 Å². The van der Waals surface area contributed by atoms with Gasteiger partial charge in [0.2, 0.25) is 0 Å². The third-order valence-electron chi connectivity index (χ3n) is 5.71. The number of hydrogen-bond donors (Lipinski definition) is 0. The fraction of sp³-hybridized carbons (Fsp3) is 0.600. The zero-order valence-electron chi connectivity index (χ0n) is 23.0. The van der Waals surface area contributed by atoms with Gasteiger partial charge in [0.25, 0.3) is 0 Å². The Bertz CT molecular complexity index is 665. The molecule has 0 heterocycles. The summed E-state index contributed by atoms with van der Waals surface area (Å²) in [5.41, 5.74) is 2.92. The summed E-state index contributed by atoms with van der Waals surface area (Å²) in [6.07, 6.45) is 22.0. The van der Waals surface area contributed by atoms with Crippen LogP contribution in [0.25, 0.3) is 0 Å². The molecular weight excluding hydrogens is 744 g/mol. The Labute approximate surface area is 293 Å². The molecule has 202 valence electrons. The molecule has 0 aromatic heterocycles. The fourth-order valence-corrected chi connectivity index (χ4v) is 3.75. The van der Waals surface area contributed by atoms with E-state index < -0.39 is 7.82 Å². The van der Waals surface area contributed by atoms with Gasteiger partial charge in [-0.25, -0.2) is 0 Å². The van der Waals surface area contributed by atoms with Crippen LogP contribution in [0.4, 0.5) is 0 Å². The van der Waals surface area contributed by atoms with E-state index in [1.807, 2.05) is 24.3 Å². The minimum atomic E-state index is -5.39. The molecule has 0 saturated heterocycles. The predicted molar refractivity (Wildman–Crippen MR) is 142 cm³/mol. The number of aryl methyl sites for hydroxylation is 2. The van der Waals surface area contributed by atoms with Gasteiger partial charge >= 0.3 is 81.7 Å². The molecule has 2 aromatic carbocycles. The van der Waals surface area contributed by atoms with E-state index in [0.717, 1.165) is 0 Å². The Morgan fingerprint density at radius 2 is 0.784 bits per heavy atom. The molecule has 0 fully saturated rings. The number of phosphoric acid groups is 1. The van der Waals surface area contributed by atoms with E-state index in [0.29, 0.717) is 0 Å². The molecule has 7 heteroatoms. The van der Waals surface area contributed by atoms with Crippen molar-refractivity contribution in [1.82, 2.24) is 0 Å².